The zero-order chi connectivity index (χ0) is 51.7. The van der Waals surface area contributed by atoms with Crippen LogP contribution in [0.15, 0.2) is 203 Å². The van der Waals surface area contributed by atoms with Crippen LogP contribution in [0.4, 0.5) is 34.1 Å². The zero-order valence-electron chi connectivity index (χ0n) is 44.8. The quantitative estimate of drug-likeness (QED) is 0.166. The van der Waals surface area contributed by atoms with Crippen molar-refractivity contribution in [3.05, 3.63) is 216 Å². The van der Waals surface area contributed by atoms with Crippen LogP contribution in [0, 0.1) is 17.3 Å². The Hall–Kier alpha value is -8.08. The number of hydrogen-bond donors (Lipinski definition) is 0. The Morgan fingerprint density at radius 2 is 0.857 bits per heavy atom. The molecule has 2 aromatic heterocycles. The van der Waals surface area contributed by atoms with E-state index in [2.05, 4.69) is 245 Å². The van der Waals surface area contributed by atoms with Crippen LogP contribution in [0.3, 0.4) is 0 Å². The van der Waals surface area contributed by atoms with E-state index in [-0.39, 0.29) is 10.8 Å². The van der Waals surface area contributed by atoms with Gasteiger partial charge in [0.1, 0.15) is 22.3 Å². The molecule has 2 bridgehead atoms. The predicted molar refractivity (Wildman–Crippen MR) is 322 cm³/mol. The molecule has 5 atom stereocenters. The average molecular weight is 999 g/mol. The Balaban J connectivity index is 0.852. The van der Waals surface area contributed by atoms with Gasteiger partial charge in [0.2, 0.25) is 0 Å². The molecule has 0 amide bonds. The Bertz CT molecular complexity index is 4400. The first kappa shape index (κ1) is 45.1. The van der Waals surface area contributed by atoms with Gasteiger partial charge in [-0.05, 0) is 195 Å². The Morgan fingerprint density at radius 3 is 1.40 bits per heavy atom. The van der Waals surface area contributed by atoms with Gasteiger partial charge in [0, 0.05) is 67.2 Å². The smallest absolute Gasteiger partial charge is 0.137 e. The first-order valence-electron chi connectivity index (χ1n) is 28.1. The molecule has 376 valence electrons. The summed E-state index contributed by atoms with van der Waals surface area (Å²) in [6.45, 7) is 13.7. The van der Waals surface area contributed by atoms with Crippen LogP contribution in [0.25, 0.3) is 76.5 Å². The maximum absolute atomic E-state index is 7.14. The normalized spacial score (nSPS) is 20.4. The fourth-order valence-corrected chi connectivity index (χ4v) is 15.4. The van der Waals surface area contributed by atoms with E-state index in [1.165, 1.54) is 96.8 Å². The number of nitrogens with zero attached hydrogens (tertiary/aromatic N) is 2. The summed E-state index contributed by atoms with van der Waals surface area (Å²) in [5, 5.41) is 9.56. The van der Waals surface area contributed by atoms with Crippen molar-refractivity contribution in [1.82, 2.24) is 0 Å². The minimum Gasteiger partial charge on any atom is -0.456 e. The molecule has 3 saturated carbocycles. The Kier molecular flexibility index (Phi) is 9.38. The molecular formula is C73H62N2O2. The molecule has 0 radical (unpaired) electrons. The number of fused-ring (bicyclic) bond motifs is 14. The van der Waals surface area contributed by atoms with Crippen LogP contribution in [0.1, 0.15) is 101 Å². The molecule has 4 aliphatic carbocycles. The summed E-state index contributed by atoms with van der Waals surface area (Å²) >= 11 is 0. The van der Waals surface area contributed by atoms with Crippen molar-refractivity contribution in [1.29, 1.82) is 0 Å². The van der Waals surface area contributed by atoms with Gasteiger partial charge in [-0.25, -0.2) is 0 Å². The summed E-state index contributed by atoms with van der Waals surface area (Å²) in [6.07, 6.45) is 5.21. The highest BCUT2D eigenvalue weighted by atomic mass is 16.3. The van der Waals surface area contributed by atoms with Crippen molar-refractivity contribution < 1.29 is 8.83 Å². The lowest BCUT2D eigenvalue weighted by molar-refractivity contribution is -0.144. The lowest BCUT2D eigenvalue weighted by Crippen LogP contribution is -2.58. The molecule has 0 N–H and O–H groups in total. The maximum Gasteiger partial charge on any atom is 0.137 e. The zero-order valence-corrected chi connectivity index (χ0v) is 44.8. The summed E-state index contributed by atoms with van der Waals surface area (Å²) < 4.78 is 14.3. The molecule has 2 heterocycles. The highest BCUT2D eigenvalue weighted by Gasteiger charge is 2.70. The molecule has 0 saturated heterocycles. The van der Waals surface area contributed by atoms with Crippen LogP contribution in [-0.4, -0.2) is 0 Å². The first-order chi connectivity index (χ1) is 37.4. The van der Waals surface area contributed by atoms with Gasteiger partial charge >= 0.3 is 0 Å². The molecular weight excluding hydrogens is 937 g/mol. The number of anilines is 6. The second-order valence-corrected chi connectivity index (χ2v) is 25.4. The molecule has 4 nitrogen and oxygen atoms in total. The van der Waals surface area contributed by atoms with Crippen LogP contribution in [0.5, 0.6) is 0 Å². The van der Waals surface area contributed by atoms with Gasteiger partial charge in [0.15, 0.2) is 0 Å². The third-order valence-corrected chi connectivity index (χ3v) is 19.3. The fraction of sp³-hybridized carbons (Fsp3) is 0.233. The van der Waals surface area contributed by atoms with E-state index in [1.807, 2.05) is 0 Å². The molecule has 4 heteroatoms. The van der Waals surface area contributed by atoms with E-state index in [1.54, 1.807) is 0 Å². The number of benzene rings is 10. The molecule has 3 fully saturated rings. The van der Waals surface area contributed by atoms with Crippen molar-refractivity contribution in [3.8, 4) is 11.1 Å². The molecule has 4 aliphatic rings. The maximum atomic E-state index is 7.14. The lowest BCUT2D eigenvalue weighted by Gasteiger charge is -2.67. The molecule has 10 aromatic carbocycles. The lowest BCUT2D eigenvalue weighted by atomic mass is 9.37. The van der Waals surface area contributed by atoms with E-state index in [4.69, 9.17) is 8.83 Å². The SMILES string of the molecule is CC(C)(C)c1ccc(N(c2ccc3c(c2)oc2cc4c(cc23)-c2cc3oc5cc(N(c6ccc(C(C)(C)C)cc6)c6cccc7ccccc67)ccc5c3cc2C2CC3CC5CC4C35C2)c2cccc3ccccc23)cc1. The second-order valence-electron chi connectivity index (χ2n) is 25.4. The highest BCUT2D eigenvalue weighted by Crippen LogP contribution is 2.80. The van der Waals surface area contributed by atoms with Gasteiger partial charge in [-0.3, -0.25) is 0 Å². The summed E-state index contributed by atoms with van der Waals surface area (Å²) in [5.41, 5.74) is 19.2. The molecule has 1 spiro atoms. The van der Waals surface area contributed by atoms with Crippen molar-refractivity contribution in [2.45, 2.75) is 89.9 Å². The number of furan rings is 2. The van der Waals surface area contributed by atoms with Crippen LogP contribution < -0.4 is 9.80 Å². The van der Waals surface area contributed by atoms with Gasteiger partial charge < -0.3 is 18.6 Å². The van der Waals surface area contributed by atoms with Gasteiger partial charge in [-0.2, -0.15) is 0 Å². The minimum atomic E-state index is 0.0523. The van der Waals surface area contributed by atoms with Crippen LogP contribution in [0.2, 0.25) is 0 Å². The molecule has 16 rings (SSSR count). The van der Waals surface area contributed by atoms with Gasteiger partial charge in [-0.1, -0.05) is 139 Å². The molecule has 77 heavy (non-hydrogen) atoms. The van der Waals surface area contributed by atoms with Crippen molar-refractivity contribution in [2.75, 3.05) is 9.80 Å². The summed E-state index contributed by atoms with van der Waals surface area (Å²) in [5.74, 6) is 2.67. The van der Waals surface area contributed by atoms with E-state index >= 15 is 0 Å². The fourth-order valence-electron chi connectivity index (χ4n) is 15.4. The van der Waals surface area contributed by atoms with E-state index < -0.39 is 0 Å². The van der Waals surface area contributed by atoms with Crippen LogP contribution in [-0.2, 0) is 10.8 Å². The Labute approximate surface area is 450 Å². The van der Waals surface area contributed by atoms with Gasteiger partial charge in [-0.15, -0.1) is 0 Å². The summed E-state index contributed by atoms with van der Waals surface area (Å²) in [6, 6.07) is 72.7. The van der Waals surface area contributed by atoms with E-state index in [0.29, 0.717) is 17.3 Å². The molecule has 5 unspecified atom stereocenters. The minimum absolute atomic E-state index is 0.0523. The predicted octanol–water partition coefficient (Wildman–Crippen LogP) is 21.0. The third kappa shape index (κ3) is 6.63. The second kappa shape index (κ2) is 16.0. The standard InChI is InChI=1S/C73H62N2O2/c1-71(2,3)46-21-25-50(26-22-46)74(65-19-11-15-43-13-7-9-17-54(43)65)52-29-31-56-62-38-58-45-33-48-34-49-35-64(73(48,49)42-45)61-41-70-63(39-59(61)60(58)40-69(62)76-67(56)36-52)57-32-30-53(37-68(57)77-70)75(51-27-23-47(24-28-51)72(4,5)6)66-20-12-16-44-14-8-10-18-55(44)66/h7-32,36-41,45,48-49,64H,33-35,42H2,1-6H3. The molecule has 0 aliphatic heterocycles. The first-order valence-corrected chi connectivity index (χ1v) is 28.1. The largest absolute Gasteiger partial charge is 0.456 e. The Morgan fingerprint density at radius 1 is 0.390 bits per heavy atom. The third-order valence-electron chi connectivity index (χ3n) is 19.3. The van der Waals surface area contributed by atoms with Crippen LogP contribution >= 0.6 is 0 Å². The van der Waals surface area contributed by atoms with Gasteiger partial charge in [0.05, 0.1) is 11.4 Å². The van der Waals surface area contributed by atoms with Crippen molar-refractivity contribution in [3.63, 3.8) is 0 Å². The van der Waals surface area contributed by atoms with Gasteiger partial charge in [0.25, 0.3) is 0 Å². The van der Waals surface area contributed by atoms with E-state index in [9.17, 15) is 0 Å². The topological polar surface area (TPSA) is 32.8 Å². The van der Waals surface area contributed by atoms with Crippen molar-refractivity contribution in [2.24, 2.45) is 17.3 Å². The monoisotopic (exact) mass is 998 g/mol. The summed E-state index contributed by atoms with van der Waals surface area (Å²) in [7, 11) is 0. The summed E-state index contributed by atoms with van der Waals surface area (Å²) in [4.78, 5) is 4.82. The highest BCUT2D eigenvalue weighted by molar-refractivity contribution is 6.11. The number of rotatable bonds is 6. The number of hydrogen-bond acceptors (Lipinski definition) is 4. The van der Waals surface area contributed by atoms with Crippen molar-refractivity contribution >= 4 is 99.5 Å². The average Bonchev–Trinajstić information content (AvgIpc) is 4.30. The molecule has 12 aromatic rings. The van der Waals surface area contributed by atoms with E-state index in [0.717, 1.165) is 73.7 Å².